The highest BCUT2D eigenvalue weighted by atomic mass is 16.6. The normalized spacial score (nSPS) is 15.1. The number of anilines is 1. The minimum Gasteiger partial charge on any atom is -0.497 e. The first-order valence-corrected chi connectivity index (χ1v) is 10.7. The highest BCUT2D eigenvalue weighted by molar-refractivity contribution is 5.94. The zero-order valence-corrected chi connectivity index (χ0v) is 18.3. The minimum atomic E-state index is -0.509. The highest BCUT2D eigenvalue weighted by Crippen LogP contribution is 2.25. The maximum atomic E-state index is 12.7. The maximum Gasteiger partial charge on any atom is 0.270 e. The molecular weight excluding hydrogens is 424 g/mol. The molecule has 1 N–H and O–H groups in total. The predicted molar refractivity (Wildman–Crippen MR) is 124 cm³/mol. The van der Waals surface area contributed by atoms with Crippen molar-refractivity contribution in [1.82, 2.24) is 10.2 Å². The molecule has 2 heterocycles. The van der Waals surface area contributed by atoms with Gasteiger partial charge in [0.1, 0.15) is 11.5 Å². The second-order valence-corrected chi connectivity index (χ2v) is 7.77. The van der Waals surface area contributed by atoms with Crippen molar-refractivity contribution >= 4 is 17.3 Å². The zero-order valence-electron chi connectivity index (χ0n) is 18.3. The molecule has 1 aromatic heterocycles. The summed E-state index contributed by atoms with van der Waals surface area (Å²) < 4.78 is 10.9. The van der Waals surface area contributed by atoms with Crippen molar-refractivity contribution in [2.75, 3.05) is 44.7 Å². The largest absolute Gasteiger partial charge is 0.497 e. The van der Waals surface area contributed by atoms with Gasteiger partial charge in [0.2, 0.25) is 0 Å². The fraction of sp³-hybridized carbons (Fsp3) is 0.292. The average molecular weight is 450 g/mol. The van der Waals surface area contributed by atoms with E-state index in [9.17, 15) is 14.9 Å². The lowest BCUT2D eigenvalue weighted by molar-refractivity contribution is -0.384. The van der Waals surface area contributed by atoms with Crippen LogP contribution in [-0.2, 0) is 0 Å². The Hall–Kier alpha value is -3.85. The standard InChI is InChI=1S/C24H26N4O5/c1-32-21-9-7-19(8-10-21)26-11-13-27(14-12-26)22(23-6-3-15-33-23)17-25-24(29)18-4-2-5-20(16-18)28(30)31/h2-10,15-16,22H,11-14,17H2,1H3,(H,25,29)/t22-/m1/s1. The summed E-state index contributed by atoms with van der Waals surface area (Å²) >= 11 is 0. The molecule has 0 radical (unpaired) electrons. The molecule has 1 aliphatic rings. The van der Waals surface area contributed by atoms with Gasteiger partial charge in [-0.2, -0.15) is 0 Å². The fourth-order valence-electron chi connectivity index (χ4n) is 4.03. The topological polar surface area (TPSA) is 101 Å². The van der Waals surface area contributed by atoms with Crippen molar-refractivity contribution in [3.63, 3.8) is 0 Å². The van der Waals surface area contributed by atoms with Crippen LogP contribution >= 0.6 is 0 Å². The lowest BCUT2D eigenvalue weighted by Crippen LogP contribution is -2.49. The molecule has 0 bridgehead atoms. The molecule has 3 aromatic rings. The van der Waals surface area contributed by atoms with Crippen molar-refractivity contribution in [3.05, 3.63) is 88.4 Å². The molecule has 1 atom stereocenters. The van der Waals surface area contributed by atoms with Gasteiger partial charge in [-0.05, 0) is 42.5 Å². The first kappa shape index (κ1) is 22.3. The third kappa shape index (κ3) is 5.32. The lowest BCUT2D eigenvalue weighted by atomic mass is 10.1. The van der Waals surface area contributed by atoms with Gasteiger partial charge in [0.15, 0.2) is 0 Å². The third-order valence-electron chi connectivity index (χ3n) is 5.84. The molecular formula is C24H26N4O5. The van der Waals surface area contributed by atoms with Crippen LogP contribution in [0, 0.1) is 10.1 Å². The van der Waals surface area contributed by atoms with Gasteiger partial charge in [0, 0.05) is 56.1 Å². The number of ether oxygens (including phenoxy) is 1. The molecule has 0 unspecified atom stereocenters. The van der Waals surface area contributed by atoms with Gasteiger partial charge >= 0.3 is 0 Å². The van der Waals surface area contributed by atoms with Crippen LogP contribution in [-0.4, -0.2) is 55.6 Å². The van der Waals surface area contributed by atoms with E-state index in [0.29, 0.717) is 6.54 Å². The van der Waals surface area contributed by atoms with E-state index < -0.39 is 4.92 Å². The molecule has 172 valence electrons. The molecule has 1 amide bonds. The van der Waals surface area contributed by atoms with Crippen molar-refractivity contribution in [1.29, 1.82) is 0 Å². The molecule has 0 aliphatic carbocycles. The number of carbonyl (C=O) groups is 1. The number of amides is 1. The number of furan rings is 1. The van der Waals surface area contributed by atoms with E-state index in [1.807, 2.05) is 24.3 Å². The number of piperazine rings is 1. The number of methoxy groups -OCH3 is 1. The molecule has 1 fully saturated rings. The number of benzene rings is 2. The van der Waals surface area contributed by atoms with Gasteiger partial charge in [0.05, 0.1) is 24.3 Å². The molecule has 0 saturated carbocycles. The Labute approximate surface area is 191 Å². The van der Waals surface area contributed by atoms with Crippen molar-refractivity contribution in [2.24, 2.45) is 0 Å². The number of hydrogen-bond donors (Lipinski definition) is 1. The van der Waals surface area contributed by atoms with E-state index in [4.69, 9.17) is 9.15 Å². The summed E-state index contributed by atoms with van der Waals surface area (Å²) in [5.41, 5.74) is 1.29. The second kappa shape index (κ2) is 10.2. The van der Waals surface area contributed by atoms with E-state index in [1.165, 1.54) is 18.2 Å². The van der Waals surface area contributed by atoms with Crippen LogP contribution in [0.25, 0.3) is 0 Å². The van der Waals surface area contributed by atoms with Gasteiger partial charge in [-0.15, -0.1) is 0 Å². The smallest absolute Gasteiger partial charge is 0.270 e. The number of nitrogens with zero attached hydrogens (tertiary/aromatic N) is 3. The summed E-state index contributed by atoms with van der Waals surface area (Å²) in [7, 11) is 1.65. The van der Waals surface area contributed by atoms with E-state index >= 15 is 0 Å². The van der Waals surface area contributed by atoms with Crippen LogP contribution in [0.5, 0.6) is 5.75 Å². The SMILES string of the molecule is COc1ccc(N2CCN([C@H](CNC(=O)c3cccc([N+](=O)[O-])c3)c3ccco3)CC2)cc1. The number of carbonyl (C=O) groups excluding carboxylic acids is 1. The van der Waals surface area contributed by atoms with E-state index in [2.05, 4.69) is 27.2 Å². The van der Waals surface area contributed by atoms with Crippen molar-refractivity contribution in [2.45, 2.75) is 6.04 Å². The van der Waals surface area contributed by atoms with Crippen LogP contribution in [0.15, 0.2) is 71.3 Å². The van der Waals surface area contributed by atoms with Crippen molar-refractivity contribution < 1.29 is 18.9 Å². The lowest BCUT2D eigenvalue weighted by Gasteiger charge is -2.39. The summed E-state index contributed by atoms with van der Waals surface area (Å²) in [5.74, 6) is 1.24. The number of nitro groups is 1. The molecule has 4 rings (SSSR count). The maximum absolute atomic E-state index is 12.7. The average Bonchev–Trinajstić information content (AvgIpc) is 3.39. The second-order valence-electron chi connectivity index (χ2n) is 7.77. The number of nitro benzene ring substituents is 1. The monoisotopic (exact) mass is 450 g/mol. The molecule has 9 nitrogen and oxygen atoms in total. The summed E-state index contributed by atoms with van der Waals surface area (Å²) in [6.45, 7) is 3.59. The van der Waals surface area contributed by atoms with Crippen LogP contribution in [0.2, 0.25) is 0 Å². The Morgan fingerprint density at radius 2 is 1.88 bits per heavy atom. The summed E-state index contributed by atoms with van der Waals surface area (Å²) in [6, 6.07) is 17.3. The van der Waals surface area contributed by atoms with Crippen LogP contribution in [0.1, 0.15) is 22.2 Å². The Morgan fingerprint density at radius 1 is 1.12 bits per heavy atom. The van der Waals surface area contributed by atoms with Gasteiger partial charge < -0.3 is 19.4 Å². The molecule has 1 saturated heterocycles. The Kier molecular flexibility index (Phi) is 6.89. The van der Waals surface area contributed by atoms with E-state index in [0.717, 1.165) is 43.4 Å². The minimum absolute atomic E-state index is 0.111. The summed E-state index contributed by atoms with van der Waals surface area (Å²) in [5, 5.41) is 13.9. The first-order valence-electron chi connectivity index (χ1n) is 10.7. The van der Waals surface area contributed by atoms with Gasteiger partial charge in [-0.3, -0.25) is 19.8 Å². The quantitative estimate of drug-likeness (QED) is 0.414. The molecule has 9 heteroatoms. The predicted octanol–water partition coefficient (Wildman–Crippen LogP) is 3.49. The van der Waals surface area contributed by atoms with Gasteiger partial charge in [-0.1, -0.05) is 6.07 Å². The molecule has 2 aromatic carbocycles. The number of rotatable bonds is 8. The number of nitrogens with one attached hydrogen (secondary N) is 1. The van der Waals surface area contributed by atoms with E-state index in [-0.39, 0.29) is 23.2 Å². The highest BCUT2D eigenvalue weighted by Gasteiger charge is 2.27. The Morgan fingerprint density at radius 3 is 2.52 bits per heavy atom. The van der Waals surface area contributed by atoms with Crippen LogP contribution in [0.4, 0.5) is 11.4 Å². The van der Waals surface area contributed by atoms with Crippen LogP contribution in [0.3, 0.4) is 0 Å². The Bertz CT molecular complexity index is 1080. The Balaban J connectivity index is 1.40. The molecule has 33 heavy (non-hydrogen) atoms. The van der Waals surface area contributed by atoms with Crippen LogP contribution < -0.4 is 15.0 Å². The fourth-order valence-corrected chi connectivity index (χ4v) is 4.03. The van der Waals surface area contributed by atoms with Gasteiger partial charge in [-0.25, -0.2) is 0 Å². The number of hydrogen-bond acceptors (Lipinski definition) is 7. The summed E-state index contributed by atoms with van der Waals surface area (Å²) in [6.07, 6.45) is 1.62. The summed E-state index contributed by atoms with van der Waals surface area (Å²) in [4.78, 5) is 27.8. The zero-order chi connectivity index (χ0) is 23.2. The molecule has 0 spiro atoms. The first-order chi connectivity index (χ1) is 16.0. The van der Waals surface area contributed by atoms with Crippen molar-refractivity contribution in [3.8, 4) is 5.75 Å². The van der Waals surface area contributed by atoms with Gasteiger partial charge in [0.25, 0.3) is 11.6 Å². The molecule has 1 aliphatic heterocycles. The third-order valence-corrected chi connectivity index (χ3v) is 5.84. The number of non-ortho nitro benzene ring substituents is 1. The van der Waals surface area contributed by atoms with E-state index in [1.54, 1.807) is 19.4 Å².